The molecule has 1 heterocycles. The zero-order chi connectivity index (χ0) is 14.2. The highest BCUT2D eigenvalue weighted by atomic mass is 28.1. The molecule has 0 amide bonds. The van der Waals surface area contributed by atoms with Crippen molar-refractivity contribution in [1.82, 2.24) is 4.90 Å². The van der Waals surface area contributed by atoms with Gasteiger partial charge in [0.05, 0.1) is 12.7 Å². The van der Waals surface area contributed by atoms with Crippen LogP contribution in [0.2, 0.25) is 6.04 Å². The molecule has 0 spiro atoms. The summed E-state index contributed by atoms with van der Waals surface area (Å²) in [5, 5.41) is 0. The third-order valence-electron chi connectivity index (χ3n) is 3.28. The Hall–Kier alpha value is -0.943. The second-order valence-electron chi connectivity index (χ2n) is 5.04. The molecule has 1 aromatic carbocycles. The van der Waals surface area contributed by atoms with Gasteiger partial charge in [-0.2, -0.15) is 0 Å². The highest BCUT2D eigenvalue weighted by Gasteiger charge is 2.28. The number of ether oxygens (including phenoxy) is 2. The van der Waals surface area contributed by atoms with Gasteiger partial charge >= 0.3 is 0 Å². The van der Waals surface area contributed by atoms with E-state index in [9.17, 15) is 0 Å². The van der Waals surface area contributed by atoms with Gasteiger partial charge in [-0.3, -0.25) is 4.90 Å². The molecular formula is C16H22NO2Si. The summed E-state index contributed by atoms with van der Waals surface area (Å²) >= 11 is 0. The lowest BCUT2D eigenvalue weighted by molar-refractivity contribution is -0.00883. The van der Waals surface area contributed by atoms with E-state index in [2.05, 4.69) is 46.5 Å². The van der Waals surface area contributed by atoms with E-state index in [-0.39, 0.29) is 12.3 Å². The number of hydrogen-bond acceptors (Lipinski definition) is 3. The van der Waals surface area contributed by atoms with Crippen LogP contribution >= 0.6 is 0 Å². The monoisotopic (exact) mass is 288 g/mol. The van der Waals surface area contributed by atoms with Gasteiger partial charge in [0.15, 0.2) is 0 Å². The van der Waals surface area contributed by atoms with Crippen molar-refractivity contribution in [1.29, 1.82) is 0 Å². The van der Waals surface area contributed by atoms with E-state index in [0.29, 0.717) is 6.61 Å². The summed E-state index contributed by atoms with van der Waals surface area (Å²) < 4.78 is 11.6. The van der Waals surface area contributed by atoms with Gasteiger partial charge < -0.3 is 9.47 Å². The first-order valence-electron chi connectivity index (χ1n) is 7.11. The van der Waals surface area contributed by atoms with Crippen molar-refractivity contribution < 1.29 is 9.47 Å². The van der Waals surface area contributed by atoms with Crippen molar-refractivity contribution in [2.45, 2.75) is 24.8 Å². The quantitative estimate of drug-likeness (QED) is 0.568. The molecule has 0 N–H and O–H groups in total. The highest BCUT2D eigenvalue weighted by Crippen LogP contribution is 2.17. The first kappa shape index (κ1) is 15.4. The molecule has 0 aliphatic carbocycles. The van der Waals surface area contributed by atoms with Crippen molar-refractivity contribution in [2.75, 3.05) is 26.8 Å². The molecular weight excluding hydrogens is 266 g/mol. The molecule has 2 unspecified atom stereocenters. The standard InChI is InChI=1S/C16H22NO2Si/c1-17-12-15(13-18-10-5-11-20)19-16(17)9-8-14-6-3-2-4-7-14/h2-4,6-9,15-16H,5,10-13H2,1H3/b9-8+. The first-order valence-corrected chi connectivity index (χ1v) is 7.81. The minimum atomic E-state index is 0.0413. The highest BCUT2D eigenvalue weighted by molar-refractivity contribution is 6.08. The van der Waals surface area contributed by atoms with Gasteiger partial charge in [-0.1, -0.05) is 42.5 Å². The second-order valence-corrected chi connectivity index (χ2v) is 5.54. The zero-order valence-electron chi connectivity index (χ0n) is 12.0. The molecule has 4 heteroatoms. The predicted octanol–water partition coefficient (Wildman–Crippen LogP) is 2.35. The summed E-state index contributed by atoms with van der Waals surface area (Å²) in [6, 6.07) is 11.3. The number of nitrogens with zero attached hydrogens (tertiary/aromatic N) is 1. The van der Waals surface area contributed by atoms with Crippen molar-refractivity contribution in [3.05, 3.63) is 42.0 Å². The average molecular weight is 288 g/mol. The second kappa shape index (κ2) is 8.37. The van der Waals surface area contributed by atoms with Crippen LogP contribution in [-0.2, 0) is 9.47 Å². The van der Waals surface area contributed by atoms with Crippen LogP contribution < -0.4 is 0 Å². The normalized spacial score (nSPS) is 23.7. The van der Waals surface area contributed by atoms with Crippen molar-refractivity contribution >= 4 is 16.3 Å². The maximum atomic E-state index is 5.98. The Morgan fingerprint density at radius 3 is 2.95 bits per heavy atom. The van der Waals surface area contributed by atoms with E-state index >= 15 is 0 Å². The fraction of sp³-hybridized carbons (Fsp3) is 0.500. The molecule has 3 radical (unpaired) electrons. The average Bonchev–Trinajstić information content (AvgIpc) is 2.83. The van der Waals surface area contributed by atoms with E-state index in [1.165, 1.54) is 5.56 Å². The van der Waals surface area contributed by atoms with Crippen molar-refractivity contribution in [3.8, 4) is 0 Å². The van der Waals surface area contributed by atoms with Crippen LogP contribution in [0.4, 0.5) is 0 Å². The van der Waals surface area contributed by atoms with E-state index in [1.54, 1.807) is 0 Å². The topological polar surface area (TPSA) is 21.7 Å². The molecule has 20 heavy (non-hydrogen) atoms. The van der Waals surface area contributed by atoms with Gasteiger partial charge in [0, 0.05) is 23.4 Å². The van der Waals surface area contributed by atoms with Crippen LogP contribution in [0.25, 0.3) is 6.08 Å². The summed E-state index contributed by atoms with van der Waals surface area (Å²) in [6.07, 6.45) is 5.46. The maximum Gasteiger partial charge on any atom is 0.130 e. The molecule has 0 bridgehead atoms. The van der Waals surface area contributed by atoms with Crippen molar-refractivity contribution in [3.63, 3.8) is 0 Å². The zero-order valence-corrected chi connectivity index (χ0v) is 13.0. The molecule has 1 aliphatic rings. The van der Waals surface area contributed by atoms with Gasteiger partial charge in [-0.25, -0.2) is 0 Å². The fourth-order valence-corrected chi connectivity index (χ4v) is 2.34. The summed E-state index contributed by atoms with van der Waals surface area (Å²) in [5.41, 5.74) is 1.20. The van der Waals surface area contributed by atoms with E-state index < -0.39 is 0 Å². The summed E-state index contributed by atoms with van der Waals surface area (Å²) in [4.78, 5) is 2.21. The van der Waals surface area contributed by atoms with Gasteiger partial charge in [-0.05, 0) is 25.1 Å². The molecule has 1 aliphatic heterocycles. The fourth-order valence-electron chi connectivity index (χ4n) is 2.20. The lowest BCUT2D eigenvalue weighted by atomic mass is 10.2. The van der Waals surface area contributed by atoms with Crippen LogP contribution in [0.5, 0.6) is 0 Å². The van der Waals surface area contributed by atoms with Crippen LogP contribution in [0.1, 0.15) is 12.0 Å². The molecule has 3 nitrogen and oxygen atoms in total. The van der Waals surface area contributed by atoms with Crippen molar-refractivity contribution in [2.24, 2.45) is 0 Å². The first-order chi connectivity index (χ1) is 9.79. The molecule has 0 aromatic heterocycles. The third-order valence-corrected chi connectivity index (χ3v) is 3.63. The molecule has 0 saturated carbocycles. The lowest BCUT2D eigenvalue weighted by Gasteiger charge is -2.13. The Labute approximate surface area is 125 Å². The minimum absolute atomic E-state index is 0.0413. The molecule has 1 saturated heterocycles. The van der Waals surface area contributed by atoms with E-state index in [4.69, 9.17) is 9.47 Å². The number of likely N-dealkylation sites (N-methyl/N-ethyl adjacent to an activating group) is 1. The largest absolute Gasteiger partial charge is 0.379 e. The number of hydrogen-bond donors (Lipinski definition) is 0. The number of benzene rings is 1. The lowest BCUT2D eigenvalue weighted by Crippen LogP contribution is -2.24. The summed E-state index contributed by atoms with van der Waals surface area (Å²) in [6.45, 7) is 2.38. The smallest absolute Gasteiger partial charge is 0.130 e. The maximum absolute atomic E-state index is 5.98. The Morgan fingerprint density at radius 2 is 2.20 bits per heavy atom. The van der Waals surface area contributed by atoms with Gasteiger partial charge in [0.25, 0.3) is 0 Å². The van der Waals surface area contributed by atoms with Gasteiger partial charge in [0.1, 0.15) is 6.23 Å². The van der Waals surface area contributed by atoms with Crippen LogP contribution in [0, 0.1) is 0 Å². The number of rotatable bonds is 7. The van der Waals surface area contributed by atoms with Gasteiger partial charge in [-0.15, -0.1) is 0 Å². The summed E-state index contributed by atoms with van der Waals surface area (Å²) in [7, 11) is 5.52. The molecule has 1 fully saturated rings. The Balaban J connectivity index is 1.77. The van der Waals surface area contributed by atoms with Crippen LogP contribution in [0.3, 0.4) is 0 Å². The summed E-state index contributed by atoms with van der Waals surface area (Å²) in [5.74, 6) is 0. The molecule has 2 atom stereocenters. The van der Waals surface area contributed by atoms with Gasteiger partial charge in [0.2, 0.25) is 0 Å². The Bertz CT molecular complexity index is 410. The third kappa shape index (κ3) is 4.87. The van der Waals surface area contributed by atoms with E-state index in [1.807, 2.05) is 18.2 Å². The Kier molecular flexibility index (Phi) is 6.46. The van der Waals surface area contributed by atoms with Crippen LogP contribution in [0.15, 0.2) is 36.4 Å². The van der Waals surface area contributed by atoms with Crippen LogP contribution in [-0.4, -0.2) is 54.3 Å². The predicted molar refractivity (Wildman–Crippen MR) is 82.8 cm³/mol. The SMILES string of the molecule is CN1CC(COCCC[Si])OC1/C=C/c1ccccc1. The molecule has 107 valence electrons. The van der Waals surface area contributed by atoms with E-state index in [0.717, 1.165) is 25.6 Å². The molecule has 2 rings (SSSR count). The molecule has 1 aromatic rings. The Morgan fingerprint density at radius 1 is 1.40 bits per heavy atom. The minimum Gasteiger partial charge on any atom is -0.379 e.